The molecule has 6 nitrogen and oxygen atoms in total. The first-order chi connectivity index (χ1) is 11.1. The van der Waals surface area contributed by atoms with Gasteiger partial charge in [-0.05, 0) is 0 Å². The number of benzene rings is 1. The molecule has 0 saturated carbocycles. The van der Waals surface area contributed by atoms with Gasteiger partial charge in [-0.3, -0.25) is 10.1 Å². The van der Waals surface area contributed by atoms with Gasteiger partial charge < -0.3 is 0 Å². The molecular weight excluding hydrogens is 381 g/mol. The van der Waals surface area contributed by atoms with Crippen molar-refractivity contribution in [2.24, 2.45) is 5.10 Å². The van der Waals surface area contributed by atoms with Crippen molar-refractivity contribution in [3.05, 3.63) is 39.9 Å². The molecule has 23 heavy (non-hydrogen) atoms. The fourth-order valence-electron chi connectivity index (χ4n) is 2.14. The van der Waals surface area contributed by atoms with E-state index in [-0.39, 0.29) is 11.6 Å². The van der Waals surface area contributed by atoms with Crippen molar-refractivity contribution in [2.75, 3.05) is 5.75 Å². The summed E-state index contributed by atoms with van der Waals surface area (Å²) >= 11 is 0.747. The van der Waals surface area contributed by atoms with E-state index in [1.807, 2.05) is 0 Å². The van der Waals surface area contributed by atoms with E-state index in [0.29, 0.717) is 12.0 Å². The second-order valence-corrected chi connectivity index (χ2v) is 10.1. The van der Waals surface area contributed by atoms with Gasteiger partial charge in [-0.15, -0.1) is 0 Å². The molecule has 1 amide bonds. The normalized spacial score (nSPS) is 17.5. The van der Waals surface area contributed by atoms with Crippen LogP contribution in [0, 0.1) is 10.1 Å². The van der Waals surface area contributed by atoms with Crippen LogP contribution in [0.5, 0.6) is 0 Å². The van der Waals surface area contributed by atoms with Gasteiger partial charge in [0.15, 0.2) is 0 Å². The number of nitro groups is 1. The molecule has 1 atom stereocenters. The zero-order valence-corrected chi connectivity index (χ0v) is 15.2. The fourth-order valence-corrected chi connectivity index (χ4v) is 7.57. The first kappa shape index (κ1) is 18.0. The van der Waals surface area contributed by atoms with Crippen LogP contribution in [0.2, 0.25) is 4.82 Å². The minimum absolute atomic E-state index is 0.0354. The van der Waals surface area contributed by atoms with E-state index >= 15 is 0 Å². The molecule has 2 rings (SSSR count). The van der Waals surface area contributed by atoms with Gasteiger partial charge in [-0.25, -0.2) is 0 Å². The second-order valence-electron chi connectivity index (χ2n) is 5.22. The Labute approximate surface area is 144 Å². The number of hydrazone groups is 1. The first-order valence-electron chi connectivity index (χ1n) is 7.50. The minimum atomic E-state index is -0.450. The predicted molar refractivity (Wildman–Crippen MR) is 93.9 cm³/mol. The van der Waals surface area contributed by atoms with Gasteiger partial charge in [0.1, 0.15) is 0 Å². The Hall–Kier alpha value is -1.37. The van der Waals surface area contributed by atoms with E-state index in [1.165, 1.54) is 36.9 Å². The van der Waals surface area contributed by atoms with E-state index in [4.69, 9.17) is 0 Å². The Morgan fingerprint density at radius 1 is 1.43 bits per heavy atom. The van der Waals surface area contributed by atoms with Crippen molar-refractivity contribution in [2.45, 2.75) is 36.9 Å². The molecule has 1 saturated heterocycles. The number of rotatable bonds is 8. The summed E-state index contributed by atoms with van der Waals surface area (Å²) in [6, 6.07) is 6.00. The fraction of sp³-hybridized carbons (Fsp3) is 0.467. The molecule has 0 spiro atoms. The van der Waals surface area contributed by atoms with Gasteiger partial charge in [-0.2, -0.15) is 0 Å². The Morgan fingerprint density at radius 3 is 2.87 bits per heavy atom. The number of non-ortho nitro benzene ring substituents is 1. The summed E-state index contributed by atoms with van der Waals surface area (Å²) in [6.45, 7) is 0. The van der Waals surface area contributed by atoms with Crippen LogP contribution in [0.4, 0.5) is 5.69 Å². The van der Waals surface area contributed by atoms with Crippen LogP contribution in [-0.4, -0.2) is 36.6 Å². The number of nitro benzene ring substituents is 1. The van der Waals surface area contributed by atoms with Crippen LogP contribution in [0.1, 0.15) is 37.7 Å². The van der Waals surface area contributed by atoms with Crippen LogP contribution >= 0.6 is 10.2 Å². The van der Waals surface area contributed by atoms with E-state index in [0.717, 1.165) is 31.5 Å². The molecule has 124 valence electrons. The zero-order valence-electron chi connectivity index (χ0n) is 12.6. The molecule has 0 bridgehead atoms. The number of hydrogen-bond donors (Lipinski definition) is 1. The summed E-state index contributed by atoms with van der Waals surface area (Å²) in [6.07, 6.45) is 6.57. The quantitative estimate of drug-likeness (QED) is 0.239. The van der Waals surface area contributed by atoms with Crippen molar-refractivity contribution in [1.29, 1.82) is 0 Å². The molecule has 0 radical (unpaired) electrons. The first-order valence-corrected chi connectivity index (χ1v) is 11.5. The number of carbonyl (C=O) groups excluding carboxylic acids is 1. The number of nitrogens with zero attached hydrogens (tertiary/aromatic N) is 2. The van der Waals surface area contributed by atoms with Gasteiger partial charge in [0.25, 0.3) is 5.69 Å². The topological polar surface area (TPSA) is 84.6 Å². The van der Waals surface area contributed by atoms with E-state index in [1.54, 1.807) is 12.1 Å². The molecule has 1 aliphatic heterocycles. The summed E-state index contributed by atoms with van der Waals surface area (Å²) in [5, 5.41) is 14.4. The molecular formula is C15H19N3O3SSe. The van der Waals surface area contributed by atoms with Gasteiger partial charge in [0.2, 0.25) is 0 Å². The molecule has 1 aromatic carbocycles. The van der Waals surface area contributed by atoms with E-state index < -0.39 is 4.92 Å². The van der Waals surface area contributed by atoms with Crippen LogP contribution < -0.4 is 5.43 Å². The van der Waals surface area contributed by atoms with Crippen LogP contribution in [-0.2, 0) is 4.79 Å². The van der Waals surface area contributed by atoms with Gasteiger partial charge >= 0.3 is 124 Å². The monoisotopic (exact) mass is 401 g/mol. The molecule has 0 aromatic heterocycles. The third-order valence-corrected chi connectivity index (χ3v) is 8.83. The third kappa shape index (κ3) is 6.72. The van der Waals surface area contributed by atoms with Gasteiger partial charge in [0.05, 0.1) is 4.92 Å². The summed E-state index contributed by atoms with van der Waals surface area (Å²) in [5.74, 6) is 1.22. The maximum atomic E-state index is 11.7. The average Bonchev–Trinajstić information content (AvgIpc) is 3.05. The zero-order chi connectivity index (χ0) is 16.5. The molecule has 8 heteroatoms. The summed E-state index contributed by atoms with van der Waals surface area (Å²) in [7, 11) is 2.08. The average molecular weight is 400 g/mol. The van der Waals surface area contributed by atoms with Crippen molar-refractivity contribution < 1.29 is 9.72 Å². The van der Waals surface area contributed by atoms with Crippen LogP contribution in [0.25, 0.3) is 0 Å². The molecule has 1 fully saturated rings. The van der Waals surface area contributed by atoms with Gasteiger partial charge in [0, 0.05) is 0 Å². The number of carbonyl (C=O) groups is 1. The number of unbranched alkanes of at least 4 members (excludes halogenated alkanes) is 1. The van der Waals surface area contributed by atoms with Crippen molar-refractivity contribution in [1.82, 2.24) is 5.43 Å². The van der Waals surface area contributed by atoms with E-state index in [2.05, 4.69) is 20.7 Å². The molecule has 1 N–H and O–H groups in total. The maximum absolute atomic E-state index is 11.7. The predicted octanol–water partition coefficient (Wildman–Crippen LogP) is 3.15. The number of nitrogens with one attached hydrogen (secondary N) is 1. The summed E-state index contributed by atoms with van der Waals surface area (Å²) in [4.78, 5) is 22.6. The standard InChI is InChI=1S/C15H19N3O3SSe/c19-15(4-2-1-3-14-9-10-22-23-14)17-16-11-12-5-7-13(8-6-12)18(20)21/h5-8,11,14H,1-4,9-10H2,(H,17,19)/b16-11+. The third-order valence-electron chi connectivity index (χ3n) is 3.41. The number of hydrogen-bond acceptors (Lipinski definition) is 5. The molecule has 1 heterocycles. The molecule has 0 aliphatic carbocycles. The molecule has 1 aliphatic rings. The second kappa shape index (κ2) is 9.70. The molecule has 1 aromatic rings. The van der Waals surface area contributed by atoms with Gasteiger partial charge in [-0.1, -0.05) is 0 Å². The van der Waals surface area contributed by atoms with Crippen LogP contribution in [0.3, 0.4) is 0 Å². The van der Waals surface area contributed by atoms with Crippen molar-refractivity contribution >= 4 is 41.8 Å². The Kier molecular flexibility index (Phi) is 7.58. The SMILES string of the molecule is O=C(CCCCC1CCS[Se]1)N/N=C/c1ccc([N+](=O)[O-])cc1. The Balaban J connectivity index is 1.62. The van der Waals surface area contributed by atoms with E-state index in [9.17, 15) is 14.9 Å². The van der Waals surface area contributed by atoms with Crippen molar-refractivity contribution in [3.63, 3.8) is 0 Å². The van der Waals surface area contributed by atoms with Crippen LogP contribution in [0.15, 0.2) is 29.4 Å². The summed E-state index contributed by atoms with van der Waals surface area (Å²) in [5.41, 5.74) is 3.23. The van der Waals surface area contributed by atoms with Crippen molar-refractivity contribution in [3.8, 4) is 0 Å². The Morgan fingerprint density at radius 2 is 2.22 bits per heavy atom. The number of amides is 1. The molecule has 1 unspecified atom stereocenters. The Bertz CT molecular complexity index is 560. The summed E-state index contributed by atoms with van der Waals surface area (Å²) < 4.78 is 0.